The lowest BCUT2D eigenvalue weighted by Crippen LogP contribution is -2.40. The first kappa shape index (κ1) is 9.57. The van der Waals surface area contributed by atoms with E-state index in [9.17, 15) is 0 Å². The highest BCUT2D eigenvalue weighted by Crippen LogP contribution is 1.97. The molecule has 0 radical (unpaired) electrons. The van der Waals surface area contributed by atoms with Gasteiger partial charge in [-0.25, -0.2) is 0 Å². The summed E-state index contributed by atoms with van der Waals surface area (Å²) < 4.78 is 0. The maximum absolute atomic E-state index is 3.27. The van der Waals surface area contributed by atoms with E-state index in [0.29, 0.717) is 0 Å². The van der Waals surface area contributed by atoms with Crippen molar-refractivity contribution in [3.63, 3.8) is 0 Å². The molecule has 12 heavy (non-hydrogen) atoms. The molecule has 1 fully saturated rings. The first-order valence-electron chi connectivity index (χ1n) is 4.74. The Morgan fingerprint density at radius 2 is 1.67 bits per heavy atom. The summed E-state index contributed by atoms with van der Waals surface area (Å²) in [5, 5.41) is 3.27. The molecule has 1 aliphatic heterocycles. The van der Waals surface area contributed by atoms with Crippen LogP contribution in [0.4, 0.5) is 0 Å². The van der Waals surface area contributed by atoms with Gasteiger partial charge in [-0.15, -0.1) is 11.8 Å². The lowest BCUT2D eigenvalue weighted by atomic mass is 10.4. The zero-order valence-electron chi connectivity index (χ0n) is 7.90. The zero-order chi connectivity index (χ0) is 8.65. The van der Waals surface area contributed by atoms with Crippen LogP contribution in [0.1, 0.15) is 19.3 Å². The lowest BCUT2D eigenvalue weighted by molar-refractivity contribution is 0.291. The van der Waals surface area contributed by atoms with E-state index in [1.165, 1.54) is 19.5 Å². The third-order valence-corrected chi connectivity index (χ3v) is 2.07. The molecule has 0 amide bonds. The van der Waals surface area contributed by atoms with E-state index in [1.807, 2.05) is 0 Å². The third-order valence-electron chi connectivity index (χ3n) is 2.07. The second-order valence-corrected chi connectivity index (χ2v) is 3.26. The van der Waals surface area contributed by atoms with Gasteiger partial charge in [-0.05, 0) is 13.5 Å². The fourth-order valence-corrected chi connectivity index (χ4v) is 1.22. The molecule has 2 heteroatoms. The molecule has 0 bridgehead atoms. The average Bonchev–Trinajstić information content (AvgIpc) is 2.62. The molecule has 0 aromatic heterocycles. The van der Waals surface area contributed by atoms with E-state index in [0.717, 1.165) is 25.9 Å². The van der Waals surface area contributed by atoms with Crippen LogP contribution in [0.25, 0.3) is 0 Å². The predicted octanol–water partition coefficient (Wildman–Crippen LogP) is 0.695. The molecule has 1 heterocycles. The molecular weight excluding hydrogens is 148 g/mol. The third kappa shape index (κ3) is 4.38. The quantitative estimate of drug-likeness (QED) is 0.533. The molecule has 1 N–H and O–H groups in total. The summed E-state index contributed by atoms with van der Waals surface area (Å²) in [6.07, 6.45) is 3.56. The van der Waals surface area contributed by atoms with Crippen molar-refractivity contribution in [2.24, 2.45) is 0 Å². The Bertz CT molecular complexity index is 152. The van der Waals surface area contributed by atoms with Crippen LogP contribution in [0.5, 0.6) is 0 Å². The SMILES string of the molecule is C1#CCCC1.CN1CCNCC1. The van der Waals surface area contributed by atoms with Gasteiger partial charge in [0.1, 0.15) is 0 Å². The topological polar surface area (TPSA) is 15.3 Å². The first-order valence-corrected chi connectivity index (χ1v) is 4.74. The second kappa shape index (κ2) is 6.05. The highest BCUT2D eigenvalue weighted by atomic mass is 15.2. The standard InChI is InChI=1S/C5H12N2.C5H6/c1-7-4-2-6-3-5-7;1-2-4-5-3-1/h6H,2-5H2,1H3;1-3H2. The summed E-state index contributed by atoms with van der Waals surface area (Å²) >= 11 is 0. The Morgan fingerprint density at radius 3 is 1.92 bits per heavy atom. The van der Waals surface area contributed by atoms with Gasteiger partial charge in [0, 0.05) is 39.0 Å². The molecule has 1 saturated heterocycles. The maximum atomic E-state index is 3.27. The molecule has 2 rings (SSSR count). The number of hydrogen-bond acceptors (Lipinski definition) is 2. The molecule has 0 unspecified atom stereocenters. The van der Waals surface area contributed by atoms with E-state index in [2.05, 4.69) is 29.1 Å². The van der Waals surface area contributed by atoms with E-state index >= 15 is 0 Å². The highest BCUT2D eigenvalue weighted by molar-refractivity contribution is 5.04. The van der Waals surface area contributed by atoms with Gasteiger partial charge in [0.2, 0.25) is 0 Å². The van der Waals surface area contributed by atoms with Crippen molar-refractivity contribution in [1.82, 2.24) is 10.2 Å². The maximum Gasteiger partial charge on any atom is 0.0104 e. The molecule has 0 atom stereocenters. The normalized spacial score (nSPS) is 22.1. The molecule has 2 aliphatic rings. The Hall–Kier alpha value is -0.520. The second-order valence-electron chi connectivity index (χ2n) is 3.26. The largest absolute Gasteiger partial charge is 0.314 e. The van der Waals surface area contributed by atoms with Crippen LogP contribution in [-0.4, -0.2) is 38.1 Å². The Labute approximate surface area is 75.3 Å². The molecule has 68 valence electrons. The Balaban J connectivity index is 0.000000127. The number of nitrogens with zero attached hydrogens (tertiary/aromatic N) is 1. The number of likely N-dealkylation sites (N-methyl/N-ethyl adjacent to an activating group) is 1. The fourth-order valence-electron chi connectivity index (χ4n) is 1.22. The van der Waals surface area contributed by atoms with Crippen LogP contribution < -0.4 is 5.32 Å². The number of hydrogen-bond donors (Lipinski definition) is 1. The van der Waals surface area contributed by atoms with Crippen molar-refractivity contribution in [3.05, 3.63) is 0 Å². The summed E-state index contributed by atoms with van der Waals surface area (Å²) in [4.78, 5) is 2.33. The average molecular weight is 166 g/mol. The number of nitrogens with one attached hydrogen (secondary N) is 1. The van der Waals surface area contributed by atoms with Gasteiger partial charge in [0.25, 0.3) is 0 Å². The molecule has 0 spiro atoms. The molecule has 0 aromatic rings. The van der Waals surface area contributed by atoms with Crippen molar-refractivity contribution >= 4 is 0 Å². The van der Waals surface area contributed by atoms with Crippen molar-refractivity contribution in [2.75, 3.05) is 33.2 Å². The Kier molecular flexibility index (Phi) is 4.82. The molecule has 2 nitrogen and oxygen atoms in total. The summed E-state index contributed by atoms with van der Waals surface area (Å²) in [6.45, 7) is 4.74. The van der Waals surface area contributed by atoms with Gasteiger partial charge < -0.3 is 10.2 Å². The van der Waals surface area contributed by atoms with Gasteiger partial charge in [0.15, 0.2) is 0 Å². The van der Waals surface area contributed by atoms with Crippen LogP contribution in [-0.2, 0) is 0 Å². The van der Waals surface area contributed by atoms with Crippen molar-refractivity contribution < 1.29 is 0 Å². The van der Waals surface area contributed by atoms with Crippen LogP contribution in [0.3, 0.4) is 0 Å². The van der Waals surface area contributed by atoms with Gasteiger partial charge in [-0.3, -0.25) is 0 Å². The van der Waals surface area contributed by atoms with Crippen molar-refractivity contribution in [1.29, 1.82) is 0 Å². The minimum atomic E-state index is 1.14. The van der Waals surface area contributed by atoms with Gasteiger partial charge in [0.05, 0.1) is 0 Å². The van der Waals surface area contributed by atoms with Crippen molar-refractivity contribution in [3.8, 4) is 11.8 Å². The van der Waals surface area contributed by atoms with Crippen LogP contribution >= 0.6 is 0 Å². The summed E-state index contributed by atoms with van der Waals surface area (Å²) in [7, 11) is 2.15. The Morgan fingerprint density at radius 1 is 1.08 bits per heavy atom. The molecule has 0 aromatic carbocycles. The smallest absolute Gasteiger partial charge is 0.0104 e. The lowest BCUT2D eigenvalue weighted by Gasteiger charge is -2.21. The fraction of sp³-hybridized carbons (Fsp3) is 0.800. The van der Waals surface area contributed by atoms with Gasteiger partial charge in [-0.2, -0.15) is 0 Å². The van der Waals surface area contributed by atoms with Gasteiger partial charge in [-0.1, -0.05) is 0 Å². The molecule has 1 aliphatic carbocycles. The summed E-state index contributed by atoms with van der Waals surface area (Å²) in [5.74, 6) is 5.94. The van der Waals surface area contributed by atoms with Gasteiger partial charge >= 0.3 is 0 Å². The van der Waals surface area contributed by atoms with Crippen LogP contribution in [0, 0.1) is 11.8 Å². The number of rotatable bonds is 0. The van der Waals surface area contributed by atoms with Crippen molar-refractivity contribution in [2.45, 2.75) is 19.3 Å². The van der Waals surface area contributed by atoms with Crippen LogP contribution in [0.2, 0.25) is 0 Å². The minimum absolute atomic E-state index is 1.14. The van der Waals surface area contributed by atoms with E-state index < -0.39 is 0 Å². The molecular formula is C10H18N2. The molecule has 0 saturated carbocycles. The first-order chi connectivity index (χ1) is 5.89. The predicted molar refractivity (Wildman–Crippen MR) is 52.0 cm³/mol. The minimum Gasteiger partial charge on any atom is -0.314 e. The highest BCUT2D eigenvalue weighted by Gasteiger charge is 2.01. The van der Waals surface area contributed by atoms with E-state index in [-0.39, 0.29) is 0 Å². The van der Waals surface area contributed by atoms with E-state index in [1.54, 1.807) is 0 Å². The monoisotopic (exact) mass is 166 g/mol. The zero-order valence-corrected chi connectivity index (χ0v) is 7.90. The summed E-state index contributed by atoms with van der Waals surface area (Å²) in [6, 6.07) is 0. The van der Waals surface area contributed by atoms with E-state index in [4.69, 9.17) is 0 Å². The summed E-state index contributed by atoms with van der Waals surface area (Å²) in [5.41, 5.74) is 0. The number of piperazine rings is 1. The van der Waals surface area contributed by atoms with Crippen LogP contribution in [0.15, 0.2) is 0 Å².